The fraction of sp³-hybridized carbons (Fsp3) is 0.500. The van der Waals surface area contributed by atoms with Gasteiger partial charge in [0.05, 0.1) is 5.75 Å². The molecule has 2 rings (SSSR count). The molecular weight excluding hydrogens is 308 g/mol. The number of carbonyl (C=O) groups is 1. The van der Waals surface area contributed by atoms with Crippen molar-refractivity contribution in [2.45, 2.75) is 12.8 Å². The molecule has 116 valence electrons. The summed E-state index contributed by atoms with van der Waals surface area (Å²) in [6, 6.07) is 7.89. The second-order valence-electron chi connectivity index (χ2n) is 5.31. The number of sulfonamides is 1. The highest BCUT2D eigenvalue weighted by Crippen LogP contribution is 2.26. The number of hydrogen-bond acceptors (Lipinski definition) is 4. The van der Waals surface area contributed by atoms with Crippen LogP contribution in [0.1, 0.15) is 12.0 Å². The number of hydrogen-bond donors (Lipinski definition) is 1. The molecule has 1 saturated heterocycles. The summed E-state index contributed by atoms with van der Waals surface area (Å²) in [4.78, 5) is 13.7. The third kappa shape index (κ3) is 4.72. The highest BCUT2D eigenvalue weighted by molar-refractivity contribution is 7.98. The van der Waals surface area contributed by atoms with Crippen LogP contribution in [0.5, 0.6) is 0 Å². The number of anilines is 1. The van der Waals surface area contributed by atoms with Crippen molar-refractivity contribution in [2.24, 2.45) is 11.1 Å². The first-order valence-electron chi connectivity index (χ1n) is 6.78. The quantitative estimate of drug-likeness (QED) is 0.852. The first kappa shape index (κ1) is 16.3. The van der Waals surface area contributed by atoms with Gasteiger partial charge in [0, 0.05) is 24.6 Å². The Morgan fingerprint density at radius 1 is 1.33 bits per heavy atom. The van der Waals surface area contributed by atoms with E-state index in [1.54, 1.807) is 16.7 Å². The Kier molecular flexibility index (Phi) is 5.29. The summed E-state index contributed by atoms with van der Waals surface area (Å²) >= 11 is 1.80. The van der Waals surface area contributed by atoms with Gasteiger partial charge in [-0.1, -0.05) is 12.1 Å². The number of nitrogens with two attached hydrogens (primary N) is 1. The van der Waals surface area contributed by atoms with Crippen molar-refractivity contribution < 1.29 is 13.2 Å². The molecule has 2 N–H and O–H groups in total. The van der Waals surface area contributed by atoms with E-state index in [4.69, 9.17) is 5.14 Å². The van der Waals surface area contributed by atoms with Crippen LogP contribution >= 0.6 is 11.8 Å². The average molecular weight is 328 g/mol. The third-order valence-corrected chi connectivity index (χ3v) is 5.06. The van der Waals surface area contributed by atoms with Crippen molar-refractivity contribution in [3.8, 4) is 0 Å². The number of primary sulfonamides is 1. The number of aryl methyl sites for hydroxylation is 1. The largest absolute Gasteiger partial charge is 0.312 e. The van der Waals surface area contributed by atoms with E-state index in [1.165, 1.54) is 5.56 Å². The van der Waals surface area contributed by atoms with Gasteiger partial charge in [-0.05, 0) is 36.1 Å². The Morgan fingerprint density at radius 3 is 2.57 bits per heavy atom. The van der Waals surface area contributed by atoms with Gasteiger partial charge in [0.2, 0.25) is 15.9 Å². The van der Waals surface area contributed by atoms with E-state index in [-0.39, 0.29) is 24.0 Å². The lowest BCUT2D eigenvalue weighted by Crippen LogP contribution is -2.27. The van der Waals surface area contributed by atoms with Gasteiger partial charge < -0.3 is 4.90 Å². The molecule has 7 heteroatoms. The molecule has 1 atom stereocenters. The van der Waals surface area contributed by atoms with Gasteiger partial charge in [0.1, 0.15) is 0 Å². The Morgan fingerprint density at radius 2 is 2.00 bits per heavy atom. The van der Waals surface area contributed by atoms with Crippen LogP contribution in [0.4, 0.5) is 5.69 Å². The van der Waals surface area contributed by atoms with Crippen LogP contribution in [0.2, 0.25) is 0 Å². The van der Waals surface area contributed by atoms with E-state index >= 15 is 0 Å². The second kappa shape index (κ2) is 6.81. The van der Waals surface area contributed by atoms with Crippen LogP contribution in [0.25, 0.3) is 0 Å². The Labute approximate surface area is 129 Å². The molecule has 0 spiro atoms. The van der Waals surface area contributed by atoms with Crippen LogP contribution in [-0.2, 0) is 21.2 Å². The zero-order chi connectivity index (χ0) is 15.5. The zero-order valence-corrected chi connectivity index (χ0v) is 13.6. The molecule has 21 heavy (non-hydrogen) atoms. The number of thioether (sulfide) groups is 1. The number of nitrogens with zero attached hydrogens (tertiary/aromatic N) is 1. The minimum Gasteiger partial charge on any atom is -0.312 e. The highest BCUT2D eigenvalue weighted by atomic mass is 32.2. The summed E-state index contributed by atoms with van der Waals surface area (Å²) < 4.78 is 22.3. The third-order valence-electron chi connectivity index (χ3n) is 3.52. The molecule has 0 aromatic heterocycles. The molecular formula is C14H20N2O3S2. The second-order valence-corrected chi connectivity index (χ2v) is 7.96. The van der Waals surface area contributed by atoms with E-state index in [0.717, 1.165) is 17.9 Å². The maximum absolute atomic E-state index is 12.0. The van der Waals surface area contributed by atoms with Crippen LogP contribution in [0.3, 0.4) is 0 Å². The maximum Gasteiger partial charge on any atom is 0.227 e. The highest BCUT2D eigenvalue weighted by Gasteiger charge is 2.32. The van der Waals surface area contributed by atoms with Crippen LogP contribution < -0.4 is 10.0 Å². The average Bonchev–Trinajstić information content (AvgIpc) is 2.75. The SMILES string of the molecule is CSCCc1ccc(N2CC(CS(N)(=O)=O)CC2=O)cc1. The molecule has 1 aliphatic rings. The van der Waals surface area contributed by atoms with Crippen molar-refractivity contribution in [3.05, 3.63) is 29.8 Å². The number of benzene rings is 1. The fourth-order valence-electron chi connectivity index (χ4n) is 2.53. The number of amides is 1. The smallest absolute Gasteiger partial charge is 0.227 e. The summed E-state index contributed by atoms with van der Waals surface area (Å²) in [6.07, 6.45) is 3.32. The van der Waals surface area contributed by atoms with Gasteiger partial charge in [0.15, 0.2) is 0 Å². The molecule has 5 nitrogen and oxygen atoms in total. The summed E-state index contributed by atoms with van der Waals surface area (Å²) in [5.74, 6) is 0.670. The maximum atomic E-state index is 12.0. The molecule has 1 aromatic carbocycles. The molecule has 0 bridgehead atoms. The predicted octanol–water partition coefficient (Wildman–Crippen LogP) is 1.23. The van der Waals surface area contributed by atoms with Gasteiger partial charge in [-0.25, -0.2) is 13.6 Å². The Hall–Kier alpha value is -1.05. The molecule has 1 aliphatic heterocycles. The minimum atomic E-state index is -3.53. The molecule has 0 radical (unpaired) electrons. The van der Waals surface area contributed by atoms with E-state index < -0.39 is 10.0 Å². The molecule has 1 unspecified atom stereocenters. The summed E-state index contributed by atoms with van der Waals surface area (Å²) in [6.45, 7) is 0.416. The lowest BCUT2D eigenvalue weighted by molar-refractivity contribution is -0.117. The summed E-state index contributed by atoms with van der Waals surface area (Å²) in [5, 5.41) is 5.05. The lowest BCUT2D eigenvalue weighted by Gasteiger charge is -2.17. The van der Waals surface area contributed by atoms with E-state index in [9.17, 15) is 13.2 Å². The Bertz CT molecular complexity index is 599. The monoisotopic (exact) mass is 328 g/mol. The molecule has 1 aromatic rings. The summed E-state index contributed by atoms with van der Waals surface area (Å²) in [5.41, 5.74) is 2.06. The predicted molar refractivity (Wildman–Crippen MR) is 87.0 cm³/mol. The van der Waals surface area contributed by atoms with Gasteiger partial charge in [-0.3, -0.25) is 4.79 Å². The molecule has 1 heterocycles. The first-order valence-corrected chi connectivity index (χ1v) is 9.88. The van der Waals surface area contributed by atoms with Crippen LogP contribution in [0, 0.1) is 5.92 Å². The van der Waals surface area contributed by atoms with E-state index in [2.05, 4.69) is 6.26 Å². The van der Waals surface area contributed by atoms with Gasteiger partial charge >= 0.3 is 0 Å². The zero-order valence-electron chi connectivity index (χ0n) is 12.0. The molecule has 0 aliphatic carbocycles. The van der Waals surface area contributed by atoms with Crippen LogP contribution in [0.15, 0.2) is 24.3 Å². The first-order chi connectivity index (χ1) is 9.89. The Balaban J connectivity index is 2.03. The number of rotatable bonds is 6. The van der Waals surface area contributed by atoms with Gasteiger partial charge in [-0.2, -0.15) is 11.8 Å². The van der Waals surface area contributed by atoms with Crippen molar-refractivity contribution in [2.75, 3.05) is 29.2 Å². The molecule has 0 saturated carbocycles. The van der Waals surface area contributed by atoms with Gasteiger partial charge in [-0.15, -0.1) is 0 Å². The van der Waals surface area contributed by atoms with Crippen LogP contribution in [-0.4, -0.2) is 38.6 Å². The fourth-order valence-corrected chi connectivity index (χ4v) is 3.85. The molecule has 1 amide bonds. The van der Waals surface area contributed by atoms with Crippen molar-refractivity contribution in [3.63, 3.8) is 0 Å². The standard InChI is InChI=1S/C14H20N2O3S2/c1-20-7-6-11-2-4-13(5-3-11)16-9-12(8-14(16)17)10-21(15,18)19/h2-5,12H,6-10H2,1H3,(H2,15,18,19). The van der Waals surface area contributed by atoms with Crippen molar-refractivity contribution >= 4 is 33.4 Å². The lowest BCUT2D eigenvalue weighted by atomic mass is 10.1. The normalized spacial score (nSPS) is 19.2. The van der Waals surface area contributed by atoms with Gasteiger partial charge in [0.25, 0.3) is 0 Å². The topological polar surface area (TPSA) is 80.5 Å². The van der Waals surface area contributed by atoms with E-state index in [0.29, 0.717) is 6.54 Å². The minimum absolute atomic E-state index is 0.0412. The van der Waals surface area contributed by atoms with Crippen molar-refractivity contribution in [1.29, 1.82) is 0 Å². The van der Waals surface area contributed by atoms with E-state index in [1.807, 2.05) is 24.3 Å². The molecule has 1 fully saturated rings. The summed E-state index contributed by atoms with van der Waals surface area (Å²) in [7, 11) is -3.53. The van der Waals surface area contributed by atoms with Crippen molar-refractivity contribution in [1.82, 2.24) is 0 Å². The number of carbonyl (C=O) groups excluding carboxylic acids is 1.